The van der Waals surface area contributed by atoms with Crippen LogP contribution in [0, 0.1) is 40.4 Å². The van der Waals surface area contributed by atoms with Gasteiger partial charge in [-0.1, -0.05) is 46.3 Å². The summed E-state index contributed by atoms with van der Waals surface area (Å²) in [7, 11) is 0. The number of hydrogen-bond donors (Lipinski definition) is 2. The van der Waals surface area contributed by atoms with Crippen LogP contribution in [0.2, 0.25) is 0 Å². The van der Waals surface area contributed by atoms with Gasteiger partial charge in [0.2, 0.25) is 0 Å². The number of fused-ring (bicyclic) bond motifs is 5. The second-order valence-corrected chi connectivity index (χ2v) is 13.4. The molecule has 4 rings (SSSR count). The third-order valence-corrected chi connectivity index (χ3v) is 10.3. The molecule has 0 aromatic carbocycles. The first kappa shape index (κ1) is 21.3. The Morgan fingerprint density at radius 1 is 1.14 bits per heavy atom. The number of rotatable bonds is 4. The van der Waals surface area contributed by atoms with Gasteiger partial charge in [-0.05, 0) is 105 Å². The highest BCUT2D eigenvalue weighted by Crippen LogP contribution is 2.67. The zero-order valence-corrected chi connectivity index (χ0v) is 19.9. The number of hydrogen-bond acceptors (Lipinski definition) is 2. The van der Waals surface area contributed by atoms with Crippen molar-refractivity contribution in [1.29, 1.82) is 0 Å². The number of aliphatic hydroxyl groups is 1. The van der Waals surface area contributed by atoms with Crippen molar-refractivity contribution in [2.75, 3.05) is 0 Å². The van der Waals surface area contributed by atoms with Crippen molar-refractivity contribution >= 4 is 12.6 Å². The molecular formula is C26H44OS. The highest BCUT2D eigenvalue weighted by atomic mass is 32.1. The normalized spacial score (nSPS) is 47.0. The lowest BCUT2D eigenvalue weighted by Gasteiger charge is -2.58. The molecule has 2 heteroatoms. The van der Waals surface area contributed by atoms with Crippen molar-refractivity contribution in [2.45, 2.75) is 110 Å². The highest BCUT2D eigenvalue weighted by molar-refractivity contribution is 7.81. The maximum atomic E-state index is 10.2. The predicted octanol–water partition coefficient (Wildman–Crippen LogP) is 7.05. The smallest absolute Gasteiger partial charge is 0.0577 e. The number of aliphatic hydroxyl groups excluding tert-OH is 1. The van der Waals surface area contributed by atoms with Crippen LogP contribution >= 0.6 is 12.6 Å². The second kappa shape index (κ2) is 7.33. The van der Waals surface area contributed by atoms with E-state index >= 15 is 0 Å². The van der Waals surface area contributed by atoms with Gasteiger partial charge in [0.1, 0.15) is 0 Å². The Kier molecular flexibility index (Phi) is 5.57. The van der Waals surface area contributed by atoms with E-state index in [0.717, 1.165) is 42.4 Å². The molecule has 8 atom stereocenters. The lowest BCUT2D eigenvalue weighted by molar-refractivity contribution is -0.0573. The van der Waals surface area contributed by atoms with Crippen LogP contribution in [0.3, 0.4) is 0 Å². The fraction of sp³-hybridized carbons (Fsp3) is 0.923. The molecular weight excluding hydrogens is 360 g/mol. The summed E-state index contributed by atoms with van der Waals surface area (Å²) in [5.74, 6) is 4.41. The number of thiol groups is 1. The van der Waals surface area contributed by atoms with Gasteiger partial charge in [0.15, 0.2) is 0 Å². The third kappa shape index (κ3) is 3.53. The fourth-order valence-corrected chi connectivity index (χ4v) is 8.53. The zero-order valence-electron chi connectivity index (χ0n) is 19.0. The standard InChI is InChI=1S/C26H44OS/c1-17(10-13-24(2,3)28)21-8-9-22-20-7-6-18-16-19(27)11-14-25(18,4)23(20)12-15-26(21,22)5/h6,17,19-23,27-28H,7-16H2,1-5H3. The minimum atomic E-state index is -0.0856. The summed E-state index contributed by atoms with van der Waals surface area (Å²) in [4.78, 5) is 0. The summed E-state index contributed by atoms with van der Waals surface area (Å²) < 4.78 is 0.162. The van der Waals surface area contributed by atoms with Crippen LogP contribution in [-0.2, 0) is 0 Å². The monoisotopic (exact) mass is 404 g/mol. The molecule has 0 radical (unpaired) electrons. The Balaban J connectivity index is 1.52. The summed E-state index contributed by atoms with van der Waals surface area (Å²) in [6.45, 7) is 12.3. The van der Waals surface area contributed by atoms with E-state index in [1.807, 2.05) is 0 Å². The van der Waals surface area contributed by atoms with Gasteiger partial charge in [0.05, 0.1) is 6.10 Å². The minimum absolute atomic E-state index is 0.0856. The molecule has 0 heterocycles. The minimum Gasteiger partial charge on any atom is -0.393 e. The maximum Gasteiger partial charge on any atom is 0.0577 e. The molecule has 0 aromatic heterocycles. The average Bonchev–Trinajstić information content (AvgIpc) is 2.97. The first-order valence-corrected chi connectivity index (χ1v) is 12.6. The Morgan fingerprint density at radius 3 is 2.61 bits per heavy atom. The van der Waals surface area contributed by atoms with Gasteiger partial charge in [0, 0.05) is 4.75 Å². The van der Waals surface area contributed by atoms with E-state index in [-0.39, 0.29) is 10.9 Å². The Bertz CT molecular complexity index is 618. The third-order valence-electron chi connectivity index (χ3n) is 10.0. The molecule has 0 spiro atoms. The Labute approximate surface area is 179 Å². The summed E-state index contributed by atoms with van der Waals surface area (Å²) >= 11 is 4.78. The average molecular weight is 405 g/mol. The molecule has 4 aliphatic rings. The molecule has 0 aromatic rings. The Hall–Kier alpha value is 0.0500. The first-order valence-electron chi connectivity index (χ1n) is 12.1. The van der Waals surface area contributed by atoms with Crippen LogP contribution in [0.15, 0.2) is 11.6 Å². The number of allylic oxidation sites excluding steroid dienone is 1. The highest BCUT2D eigenvalue weighted by Gasteiger charge is 2.59. The fourth-order valence-electron chi connectivity index (χ4n) is 8.40. The van der Waals surface area contributed by atoms with Gasteiger partial charge >= 0.3 is 0 Å². The largest absolute Gasteiger partial charge is 0.393 e. The van der Waals surface area contributed by atoms with Crippen molar-refractivity contribution in [3.63, 3.8) is 0 Å². The Morgan fingerprint density at radius 2 is 1.89 bits per heavy atom. The lowest BCUT2D eigenvalue weighted by atomic mass is 9.47. The van der Waals surface area contributed by atoms with Gasteiger partial charge < -0.3 is 5.11 Å². The van der Waals surface area contributed by atoms with Crippen LogP contribution < -0.4 is 0 Å². The van der Waals surface area contributed by atoms with E-state index in [4.69, 9.17) is 12.6 Å². The summed E-state index contributed by atoms with van der Waals surface area (Å²) in [6, 6.07) is 0. The summed E-state index contributed by atoms with van der Waals surface area (Å²) in [5, 5.41) is 10.2. The molecule has 28 heavy (non-hydrogen) atoms. The first-order chi connectivity index (χ1) is 13.0. The van der Waals surface area contributed by atoms with E-state index in [1.165, 1.54) is 51.4 Å². The van der Waals surface area contributed by atoms with E-state index in [0.29, 0.717) is 10.8 Å². The van der Waals surface area contributed by atoms with Gasteiger partial charge in [0.25, 0.3) is 0 Å². The molecule has 0 amide bonds. The van der Waals surface area contributed by atoms with Gasteiger partial charge in [-0.15, -0.1) is 0 Å². The molecule has 0 saturated heterocycles. The SMILES string of the molecule is CC(CCC(C)(C)S)C1CCC2C3CC=C4CC(O)CCC4(C)C3CCC12C. The molecule has 1 nitrogen and oxygen atoms in total. The van der Waals surface area contributed by atoms with Crippen LogP contribution in [0.25, 0.3) is 0 Å². The zero-order chi connectivity index (χ0) is 20.3. The summed E-state index contributed by atoms with van der Waals surface area (Å²) in [6.07, 6.45) is 15.3. The van der Waals surface area contributed by atoms with Gasteiger partial charge in [-0.2, -0.15) is 12.6 Å². The second-order valence-electron chi connectivity index (χ2n) is 12.2. The van der Waals surface area contributed by atoms with Crippen molar-refractivity contribution in [2.24, 2.45) is 40.4 Å². The van der Waals surface area contributed by atoms with E-state index in [2.05, 4.69) is 40.7 Å². The van der Waals surface area contributed by atoms with Crippen LogP contribution in [0.4, 0.5) is 0 Å². The molecule has 1 N–H and O–H groups in total. The van der Waals surface area contributed by atoms with Crippen LogP contribution in [0.5, 0.6) is 0 Å². The van der Waals surface area contributed by atoms with Crippen molar-refractivity contribution in [1.82, 2.24) is 0 Å². The molecule has 3 fully saturated rings. The molecule has 0 aliphatic heterocycles. The topological polar surface area (TPSA) is 20.2 Å². The molecule has 8 unspecified atom stereocenters. The van der Waals surface area contributed by atoms with Crippen molar-refractivity contribution in [3.05, 3.63) is 11.6 Å². The molecule has 0 bridgehead atoms. The van der Waals surface area contributed by atoms with Crippen LogP contribution in [0.1, 0.15) is 98.8 Å². The van der Waals surface area contributed by atoms with Crippen LogP contribution in [-0.4, -0.2) is 16.0 Å². The van der Waals surface area contributed by atoms with Gasteiger partial charge in [-0.3, -0.25) is 0 Å². The van der Waals surface area contributed by atoms with E-state index in [9.17, 15) is 5.11 Å². The summed E-state index contributed by atoms with van der Waals surface area (Å²) in [5.41, 5.74) is 2.54. The van der Waals surface area contributed by atoms with Crippen molar-refractivity contribution in [3.8, 4) is 0 Å². The quantitative estimate of drug-likeness (QED) is 0.380. The molecule has 160 valence electrons. The maximum absolute atomic E-state index is 10.2. The lowest BCUT2D eigenvalue weighted by Crippen LogP contribution is -2.50. The van der Waals surface area contributed by atoms with Crippen molar-refractivity contribution < 1.29 is 5.11 Å². The molecule has 3 saturated carbocycles. The van der Waals surface area contributed by atoms with E-state index in [1.54, 1.807) is 5.57 Å². The van der Waals surface area contributed by atoms with Gasteiger partial charge in [-0.25, -0.2) is 0 Å². The predicted molar refractivity (Wildman–Crippen MR) is 123 cm³/mol. The molecule has 4 aliphatic carbocycles. The van der Waals surface area contributed by atoms with E-state index < -0.39 is 0 Å².